The molecule has 1 amide bonds. The highest BCUT2D eigenvalue weighted by Gasteiger charge is 2.31. The number of alkyl carbamates (subject to hydrolysis) is 1. The van der Waals surface area contributed by atoms with E-state index < -0.39 is 65.6 Å². The molecule has 10 nitrogen and oxygen atoms in total. The van der Waals surface area contributed by atoms with Crippen molar-refractivity contribution >= 4 is 18.0 Å². The Balaban J connectivity index is 0.000000330. The number of amides is 1. The Bertz CT molecular complexity index is 1360. The predicted octanol–water partition coefficient (Wildman–Crippen LogP) is 2.96. The van der Waals surface area contributed by atoms with Gasteiger partial charge in [-0.2, -0.15) is 0 Å². The van der Waals surface area contributed by atoms with Crippen molar-refractivity contribution in [3.8, 4) is 0 Å². The summed E-state index contributed by atoms with van der Waals surface area (Å²) in [5, 5.41) is 21.7. The van der Waals surface area contributed by atoms with Gasteiger partial charge in [0.15, 0.2) is 35.5 Å². The molecule has 0 saturated carbocycles. The van der Waals surface area contributed by atoms with Gasteiger partial charge in [0.2, 0.25) is 0 Å². The molecule has 14 heteroatoms. The summed E-state index contributed by atoms with van der Waals surface area (Å²) in [6, 6.07) is 11.9. The number of hydrogen-bond acceptors (Lipinski definition) is 9. The lowest BCUT2D eigenvalue weighted by Crippen LogP contribution is -2.41. The number of hydrogen-bond donors (Lipinski definition) is 4. The number of rotatable bonds is 9. The monoisotopic (exact) mass is 596 g/mol. The fraction of sp³-hybridized carbons (Fsp3) is 0.250. The minimum absolute atomic E-state index is 0.0292. The lowest BCUT2D eigenvalue weighted by molar-refractivity contribution is -0.152. The molecule has 42 heavy (non-hydrogen) atoms. The number of esters is 2. The number of halogens is 4. The number of aliphatic hydroxyl groups excluding tert-OH is 2. The maximum absolute atomic E-state index is 13.5. The summed E-state index contributed by atoms with van der Waals surface area (Å²) in [5.74, 6) is -6.40. The van der Waals surface area contributed by atoms with E-state index in [0.717, 1.165) is 50.1 Å². The van der Waals surface area contributed by atoms with E-state index >= 15 is 0 Å². The number of ether oxygens (including phenoxy) is 3. The van der Waals surface area contributed by atoms with E-state index in [1.54, 1.807) is 30.3 Å². The number of carbonyl (C=O) groups excluding carboxylic acids is 3. The van der Waals surface area contributed by atoms with E-state index in [2.05, 4.69) is 14.8 Å². The van der Waals surface area contributed by atoms with Gasteiger partial charge >= 0.3 is 18.0 Å². The molecule has 3 aromatic rings. The summed E-state index contributed by atoms with van der Waals surface area (Å²) in [7, 11) is 2.13. The largest absolute Gasteiger partial charge is 0.467 e. The van der Waals surface area contributed by atoms with Crippen LogP contribution in [0.15, 0.2) is 66.7 Å². The Morgan fingerprint density at radius 1 is 0.762 bits per heavy atom. The summed E-state index contributed by atoms with van der Waals surface area (Å²) < 4.78 is 65.8. The second kappa shape index (κ2) is 16.0. The first-order chi connectivity index (χ1) is 19.9. The minimum Gasteiger partial charge on any atom is -0.467 e. The number of methoxy groups -OCH3 is 2. The second-order valence-corrected chi connectivity index (χ2v) is 8.49. The minimum atomic E-state index is -1.84. The van der Waals surface area contributed by atoms with E-state index in [9.17, 15) is 42.2 Å². The molecule has 0 bridgehead atoms. The summed E-state index contributed by atoms with van der Waals surface area (Å²) in [5.41, 5.74) is 6.30. The fourth-order valence-electron chi connectivity index (χ4n) is 3.37. The van der Waals surface area contributed by atoms with Crippen LogP contribution in [-0.4, -0.2) is 54.7 Å². The van der Waals surface area contributed by atoms with Crippen molar-refractivity contribution in [3.05, 3.63) is 107 Å². The maximum Gasteiger partial charge on any atom is 0.408 e. The van der Waals surface area contributed by atoms with Crippen LogP contribution in [0.3, 0.4) is 0 Å². The van der Waals surface area contributed by atoms with Crippen molar-refractivity contribution in [1.82, 2.24) is 5.32 Å². The second-order valence-electron chi connectivity index (χ2n) is 8.49. The fourth-order valence-corrected chi connectivity index (χ4v) is 3.37. The quantitative estimate of drug-likeness (QED) is 0.166. The van der Waals surface area contributed by atoms with Crippen LogP contribution in [0.5, 0.6) is 0 Å². The first kappa shape index (κ1) is 33.7. The molecule has 0 fully saturated rings. The molecular weight excluding hydrogens is 568 g/mol. The zero-order valence-corrected chi connectivity index (χ0v) is 22.3. The third-order valence-electron chi connectivity index (χ3n) is 5.66. The number of carbonyl (C=O) groups is 3. The van der Waals surface area contributed by atoms with Crippen molar-refractivity contribution < 1.29 is 56.4 Å². The molecule has 5 N–H and O–H groups in total. The van der Waals surface area contributed by atoms with Gasteiger partial charge in [-0.15, -0.1) is 0 Å². The molecule has 226 valence electrons. The number of nitrogens with one attached hydrogen (secondary N) is 1. The molecule has 0 radical (unpaired) electrons. The van der Waals surface area contributed by atoms with Crippen molar-refractivity contribution in [1.29, 1.82) is 0 Å². The molecule has 0 saturated heterocycles. The van der Waals surface area contributed by atoms with Gasteiger partial charge in [0.05, 0.1) is 26.3 Å². The van der Waals surface area contributed by atoms with Crippen LogP contribution in [-0.2, 0) is 30.4 Å². The molecule has 0 unspecified atom stereocenters. The highest BCUT2D eigenvalue weighted by molar-refractivity contribution is 5.77. The Kier molecular flexibility index (Phi) is 12.9. The average Bonchev–Trinajstić information content (AvgIpc) is 3.00. The van der Waals surface area contributed by atoms with Gasteiger partial charge in [0.1, 0.15) is 6.61 Å². The van der Waals surface area contributed by atoms with E-state index in [0.29, 0.717) is 0 Å². The summed E-state index contributed by atoms with van der Waals surface area (Å²) in [6.45, 7) is -0.0501. The lowest BCUT2D eigenvalue weighted by atomic mass is 10.0. The SMILES string of the molecule is COC(=O)[C@H](O)[C@@H](N)c1ccc(F)c(F)c1.COC(=O)[C@H](O)[C@@H](NC(=O)OCc1ccccc1)c1ccc(F)c(F)c1. The van der Waals surface area contributed by atoms with Gasteiger partial charge < -0.3 is 35.5 Å². The van der Waals surface area contributed by atoms with Crippen molar-refractivity contribution in [2.45, 2.75) is 30.9 Å². The van der Waals surface area contributed by atoms with Crippen LogP contribution < -0.4 is 11.1 Å². The molecule has 0 aliphatic rings. The van der Waals surface area contributed by atoms with Crippen molar-refractivity contribution in [2.75, 3.05) is 14.2 Å². The number of benzene rings is 3. The third-order valence-corrected chi connectivity index (χ3v) is 5.66. The Morgan fingerprint density at radius 3 is 1.79 bits per heavy atom. The van der Waals surface area contributed by atoms with Crippen LogP contribution >= 0.6 is 0 Å². The molecule has 0 heterocycles. The third kappa shape index (κ3) is 9.54. The van der Waals surface area contributed by atoms with Crippen LogP contribution in [0.25, 0.3) is 0 Å². The van der Waals surface area contributed by atoms with Gasteiger partial charge in [-0.25, -0.2) is 31.9 Å². The molecule has 3 rings (SSSR count). The van der Waals surface area contributed by atoms with Crippen LogP contribution in [0.4, 0.5) is 22.4 Å². The van der Waals surface area contributed by atoms with Crippen molar-refractivity contribution in [3.63, 3.8) is 0 Å². The molecule has 0 aliphatic heterocycles. The Labute approximate surface area is 237 Å². The normalized spacial score (nSPS) is 13.4. The topological polar surface area (TPSA) is 157 Å². The molecule has 0 aliphatic carbocycles. The van der Waals surface area contributed by atoms with Crippen LogP contribution in [0, 0.1) is 23.3 Å². The molecule has 0 aromatic heterocycles. The highest BCUT2D eigenvalue weighted by atomic mass is 19.2. The zero-order chi connectivity index (χ0) is 31.4. The maximum atomic E-state index is 13.5. The first-order valence-electron chi connectivity index (χ1n) is 12.0. The molecular formula is C28H28F4N2O8. The molecule has 3 aromatic carbocycles. The van der Waals surface area contributed by atoms with E-state index in [-0.39, 0.29) is 17.7 Å². The molecule has 0 spiro atoms. The van der Waals surface area contributed by atoms with Gasteiger partial charge in [-0.3, -0.25) is 0 Å². The smallest absolute Gasteiger partial charge is 0.408 e. The van der Waals surface area contributed by atoms with Gasteiger partial charge in [0, 0.05) is 0 Å². The zero-order valence-electron chi connectivity index (χ0n) is 22.3. The predicted molar refractivity (Wildman–Crippen MR) is 138 cm³/mol. The van der Waals surface area contributed by atoms with Gasteiger partial charge in [-0.1, -0.05) is 42.5 Å². The Hall–Kier alpha value is -4.53. The van der Waals surface area contributed by atoms with E-state index in [4.69, 9.17) is 10.5 Å². The summed E-state index contributed by atoms with van der Waals surface area (Å²) in [6.07, 6.45) is -4.41. The van der Waals surface area contributed by atoms with Crippen LogP contribution in [0.2, 0.25) is 0 Å². The highest BCUT2D eigenvalue weighted by Crippen LogP contribution is 2.21. The molecule has 4 atom stereocenters. The van der Waals surface area contributed by atoms with E-state index in [1.165, 1.54) is 6.07 Å². The average molecular weight is 597 g/mol. The van der Waals surface area contributed by atoms with Crippen molar-refractivity contribution in [2.24, 2.45) is 5.73 Å². The number of aliphatic hydroxyl groups is 2. The summed E-state index contributed by atoms with van der Waals surface area (Å²) >= 11 is 0. The Morgan fingerprint density at radius 2 is 1.26 bits per heavy atom. The van der Waals surface area contributed by atoms with Crippen LogP contribution in [0.1, 0.15) is 28.8 Å². The lowest BCUT2D eigenvalue weighted by Gasteiger charge is -2.22. The summed E-state index contributed by atoms with van der Waals surface area (Å²) in [4.78, 5) is 34.6. The number of nitrogens with two attached hydrogens (primary N) is 1. The standard InChI is InChI=1S/C18H17F2NO5.C10H11F2NO3/c1-25-17(23)16(22)15(12-7-8-13(19)14(20)9-12)21-18(24)26-10-11-5-3-2-4-6-11;1-16-10(15)9(14)8(13)5-2-3-6(11)7(12)4-5/h2-9,15-16,22H,10H2,1H3,(H,21,24);2-4,8-9,14H,13H2,1H3/t15-,16+;8-,9+/m00/s1. The van der Waals surface area contributed by atoms with E-state index in [1.807, 2.05) is 0 Å². The first-order valence-corrected chi connectivity index (χ1v) is 12.0. The van der Waals surface area contributed by atoms with Gasteiger partial charge in [-0.05, 0) is 41.0 Å². The van der Waals surface area contributed by atoms with Gasteiger partial charge in [0.25, 0.3) is 0 Å².